The zero-order valence-electron chi connectivity index (χ0n) is 13.0. The van der Waals surface area contributed by atoms with Crippen LogP contribution in [-0.2, 0) is 4.79 Å². The first kappa shape index (κ1) is 17.3. The Labute approximate surface area is 158 Å². The van der Waals surface area contributed by atoms with Crippen molar-refractivity contribution in [2.75, 3.05) is 11.1 Å². The molecular formula is C19H14BrClN2O2. The Morgan fingerprint density at radius 2 is 2.00 bits per heavy atom. The monoisotopic (exact) mass is 416 g/mol. The summed E-state index contributed by atoms with van der Waals surface area (Å²) in [7, 11) is 0. The van der Waals surface area contributed by atoms with E-state index in [2.05, 4.69) is 21.2 Å². The number of halogens is 2. The van der Waals surface area contributed by atoms with Crippen molar-refractivity contribution < 1.29 is 9.21 Å². The van der Waals surface area contributed by atoms with Crippen LogP contribution in [0.3, 0.4) is 0 Å². The minimum absolute atomic E-state index is 0.272. The molecule has 1 amide bonds. The lowest BCUT2D eigenvalue weighted by Crippen LogP contribution is -2.08. The first-order valence-electron chi connectivity index (χ1n) is 7.41. The standard InChI is InChI=1S/C19H14BrClN2O2/c20-16-11-14(22)4-7-17(16)23-19(24)9-6-15-5-8-18(25-15)12-2-1-3-13(21)10-12/h1-11H,22H2,(H,23,24)/b9-6+. The number of amides is 1. The van der Waals surface area contributed by atoms with Crippen LogP contribution in [0.25, 0.3) is 17.4 Å². The van der Waals surface area contributed by atoms with Gasteiger partial charge in [0.25, 0.3) is 0 Å². The van der Waals surface area contributed by atoms with E-state index in [-0.39, 0.29) is 5.91 Å². The Bertz CT molecular complexity index is 950. The van der Waals surface area contributed by atoms with Gasteiger partial charge in [0, 0.05) is 26.8 Å². The topological polar surface area (TPSA) is 68.3 Å². The fourth-order valence-electron chi connectivity index (χ4n) is 2.20. The van der Waals surface area contributed by atoms with Crippen LogP contribution in [0.2, 0.25) is 5.02 Å². The summed E-state index contributed by atoms with van der Waals surface area (Å²) in [5, 5.41) is 3.40. The molecule has 4 nitrogen and oxygen atoms in total. The van der Waals surface area contributed by atoms with Crippen molar-refractivity contribution in [3.05, 3.63) is 75.9 Å². The molecule has 0 radical (unpaired) electrons. The predicted molar refractivity (Wildman–Crippen MR) is 105 cm³/mol. The van der Waals surface area contributed by atoms with Crippen LogP contribution >= 0.6 is 27.5 Å². The lowest BCUT2D eigenvalue weighted by molar-refractivity contribution is -0.111. The summed E-state index contributed by atoms with van der Waals surface area (Å²) in [6.07, 6.45) is 3.01. The number of hydrogen-bond acceptors (Lipinski definition) is 3. The van der Waals surface area contributed by atoms with E-state index in [0.29, 0.717) is 27.9 Å². The molecule has 0 unspecified atom stereocenters. The molecule has 0 fully saturated rings. The SMILES string of the molecule is Nc1ccc(NC(=O)/C=C/c2ccc(-c3cccc(Cl)c3)o2)c(Br)c1. The molecule has 0 saturated carbocycles. The van der Waals surface area contributed by atoms with Gasteiger partial charge in [-0.1, -0.05) is 23.7 Å². The quantitative estimate of drug-likeness (QED) is 0.429. The van der Waals surface area contributed by atoms with Gasteiger partial charge in [-0.15, -0.1) is 0 Å². The molecule has 6 heteroatoms. The van der Waals surface area contributed by atoms with Crippen LogP contribution < -0.4 is 11.1 Å². The lowest BCUT2D eigenvalue weighted by Gasteiger charge is -2.05. The summed E-state index contributed by atoms with van der Waals surface area (Å²) in [5.74, 6) is 0.983. The number of nitrogens with two attached hydrogens (primary N) is 1. The van der Waals surface area contributed by atoms with E-state index < -0.39 is 0 Å². The third-order valence-electron chi connectivity index (χ3n) is 3.39. The maximum atomic E-state index is 12.0. The Morgan fingerprint density at radius 1 is 1.16 bits per heavy atom. The van der Waals surface area contributed by atoms with Crippen LogP contribution in [0.1, 0.15) is 5.76 Å². The van der Waals surface area contributed by atoms with Crippen LogP contribution in [0.5, 0.6) is 0 Å². The highest BCUT2D eigenvalue weighted by Gasteiger charge is 2.05. The average Bonchev–Trinajstić information content (AvgIpc) is 3.05. The van der Waals surface area contributed by atoms with Crippen LogP contribution in [0.15, 0.2) is 69.6 Å². The van der Waals surface area contributed by atoms with Gasteiger partial charge in [-0.3, -0.25) is 4.79 Å². The summed E-state index contributed by atoms with van der Waals surface area (Å²) in [4.78, 5) is 12.0. The fourth-order valence-corrected chi connectivity index (χ4v) is 2.89. The predicted octanol–water partition coefficient (Wildman–Crippen LogP) is 5.60. The number of benzene rings is 2. The number of carbonyl (C=O) groups is 1. The number of nitrogens with one attached hydrogen (secondary N) is 1. The molecule has 1 aromatic heterocycles. The third kappa shape index (κ3) is 4.53. The molecule has 0 bridgehead atoms. The number of anilines is 2. The van der Waals surface area contributed by atoms with Gasteiger partial charge in [0.2, 0.25) is 5.91 Å². The molecule has 0 atom stereocenters. The van der Waals surface area contributed by atoms with E-state index >= 15 is 0 Å². The first-order valence-corrected chi connectivity index (χ1v) is 8.58. The van der Waals surface area contributed by atoms with Crippen molar-refractivity contribution >= 4 is 50.9 Å². The van der Waals surface area contributed by atoms with Crippen LogP contribution in [-0.4, -0.2) is 5.91 Å². The lowest BCUT2D eigenvalue weighted by atomic mass is 10.2. The second-order valence-electron chi connectivity index (χ2n) is 5.27. The van der Waals surface area contributed by atoms with E-state index in [1.807, 2.05) is 24.3 Å². The largest absolute Gasteiger partial charge is 0.457 e. The Balaban J connectivity index is 1.69. The highest BCUT2D eigenvalue weighted by atomic mass is 79.9. The Kier molecular flexibility index (Phi) is 5.26. The van der Waals surface area contributed by atoms with Gasteiger partial charge in [0.1, 0.15) is 11.5 Å². The van der Waals surface area contributed by atoms with E-state index in [4.69, 9.17) is 21.8 Å². The van der Waals surface area contributed by atoms with E-state index in [1.54, 1.807) is 36.4 Å². The van der Waals surface area contributed by atoms with Crippen molar-refractivity contribution in [2.45, 2.75) is 0 Å². The van der Waals surface area contributed by atoms with E-state index in [9.17, 15) is 4.79 Å². The summed E-state index contributed by atoms with van der Waals surface area (Å²) in [6, 6.07) is 16.2. The summed E-state index contributed by atoms with van der Waals surface area (Å²) in [6.45, 7) is 0. The molecular weight excluding hydrogens is 404 g/mol. The fraction of sp³-hybridized carbons (Fsp3) is 0. The minimum Gasteiger partial charge on any atom is -0.457 e. The first-order chi connectivity index (χ1) is 12.0. The Morgan fingerprint density at radius 3 is 2.76 bits per heavy atom. The van der Waals surface area contributed by atoms with Gasteiger partial charge in [0.05, 0.1) is 5.69 Å². The van der Waals surface area contributed by atoms with Crippen LogP contribution in [0.4, 0.5) is 11.4 Å². The number of carbonyl (C=O) groups excluding carboxylic acids is 1. The van der Waals surface area contributed by atoms with Gasteiger partial charge in [-0.05, 0) is 64.5 Å². The smallest absolute Gasteiger partial charge is 0.248 e. The number of furan rings is 1. The number of nitrogen functional groups attached to an aromatic ring is 1. The van der Waals surface area contributed by atoms with Crippen LogP contribution in [0, 0.1) is 0 Å². The molecule has 0 aliphatic carbocycles. The summed E-state index contributed by atoms with van der Waals surface area (Å²) >= 11 is 9.34. The maximum Gasteiger partial charge on any atom is 0.248 e. The van der Waals surface area contributed by atoms with Gasteiger partial charge < -0.3 is 15.5 Å². The van der Waals surface area contributed by atoms with Gasteiger partial charge >= 0.3 is 0 Å². The van der Waals surface area contributed by atoms with E-state index in [1.165, 1.54) is 6.08 Å². The molecule has 1 heterocycles. The second-order valence-corrected chi connectivity index (χ2v) is 6.57. The average molecular weight is 418 g/mol. The molecule has 3 N–H and O–H groups in total. The third-order valence-corrected chi connectivity index (χ3v) is 4.28. The van der Waals surface area contributed by atoms with E-state index in [0.717, 1.165) is 10.0 Å². The molecule has 25 heavy (non-hydrogen) atoms. The summed E-state index contributed by atoms with van der Waals surface area (Å²) in [5.41, 5.74) is 7.81. The molecule has 126 valence electrons. The number of rotatable bonds is 4. The van der Waals surface area contributed by atoms with Crippen molar-refractivity contribution in [3.8, 4) is 11.3 Å². The molecule has 3 aromatic rings. The van der Waals surface area contributed by atoms with Crippen molar-refractivity contribution in [1.82, 2.24) is 0 Å². The zero-order valence-corrected chi connectivity index (χ0v) is 15.3. The Hall–Kier alpha value is -2.50. The normalized spacial score (nSPS) is 11.0. The maximum absolute atomic E-state index is 12.0. The highest BCUT2D eigenvalue weighted by molar-refractivity contribution is 9.10. The number of hydrogen-bond donors (Lipinski definition) is 2. The molecule has 0 aliphatic rings. The highest BCUT2D eigenvalue weighted by Crippen LogP contribution is 2.26. The van der Waals surface area contributed by atoms with Crippen molar-refractivity contribution in [1.29, 1.82) is 0 Å². The molecule has 0 spiro atoms. The van der Waals surface area contributed by atoms with Crippen molar-refractivity contribution in [2.24, 2.45) is 0 Å². The second kappa shape index (κ2) is 7.59. The molecule has 2 aromatic carbocycles. The minimum atomic E-state index is -0.272. The molecule has 0 saturated heterocycles. The summed E-state index contributed by atoms with van der Waals surface area (Å²) < 4.78 is 6.43. The van der Waals surface area contributed by atoms with Gasteiger partial charge in [-0.25, -0.2) is 0 Å². The van der Waals surface area contributed by atoms with Gasteiger partial charge in [0.15, 0.2) is 0 Å². The molecule has 3 rings (SSSR count). The van der Waals surface area contributed by atoms with Gasteiger partial charge in [-0.2, -0.15) is 0 Å². The zero-order chi connectivity index (χ0) is 17.8. The van der Waals surface area contributed by atoms with Crippen molar-refractivity contribution in [3.63, 3.8) is 0 Å². The molecule has 0 aliphatic heterocycles.